The van der Waals surface area contributed by atoms with Crippen molar-refractivity contribution in [1.29, 1.82) is 0 Å². The van der Waals surface area contributed by atoms with Gasteiger partial charge in [0.25, 0.3) is 11.6 Å². The molecule has 7 nitrogen and oxygen atoms in total. The number of nitrogens with zero attached hydrogens (tertiary/aromatic N) is 1. The molecule has 0 atom stereocenters. The summed E-state index contributed by atoms with van der Waals surface area (Å²) in [6.07, 6.45) is -0.0226. The van der Waals surface area contributed by atoms with Crippen LogP contribution in [-0.2, 0) is 4.79 Å². The molecule has 0 saturated heterocycles. The van der Waals surface area contributed by atoms with E-state index < -0.39 is 16.8 Å². The third-order valence-corrected chi connectivity index (χ3v) is 3.22. The highest BCUT2D eigenvalue weighted by molar-refractivity contribution is 6.30. The molecule has 0 fully saturated rings. The first kappa shape index (κ1) is 17.4. The Kier molecular flexibility index (Phi) is 5.86. The molecule has 2 aromatic carbocycles. The predicted molar refractivity (Wildman–Crippen MR) is 87.1 cm³/mol. The number of hydrogen-bond donors (Lipinski definition) is 1. The topological polar surface area (TPSA) is 98.5 Å². The van der Waals surface area contributed by atoms with Crippen LogP contribution in [0, 0.1) is 10.1 Å². The molecule has 0 radical (unpaired) electrons. The van der Waals surface area contributed by atoms with Gasteiger partial charge in [-0.05, 0) is 30.3 Å². The van der Waals surface area contributed by atoms with E-state index in [1.807, 2.05) is 0 Å². The lowest BCUT2D eigenvalue weighted by atomic mass is 10.2. The van der Waals surface area contributed by atoms with E-state index in [2.05, 4.69) is 5.32 Å². The third kappa shape index (κ3) is 5.06. The summed E-state index contributed by atoms with van der Waals surface area (Å²) in [5.74, 6) is -0.615. The lowest BCUT2D eigenvalue weighted by Gasteiger charge is -2.06. The molecule has 0 unspecified atom stereocenters. The Bertz CT molecular complexity index is 761. The molecule has 0 bridgehead atoms. The van der Waals surface area contributed by atoms with Crippen LogP contribution in [0.3, 0.4) is 0 Å². The van der Waals surface area contributed by atoms with Gasteiger partial charge < -0.3 is 10.1 Å². The molecule has 0 aliphatic carbocycles. The SMILES string of the molecule is O=C(CCNC(=O)c1ccc([N+](=O)[O-])cc1)Oc1cccc(Cl)c1. The summed E-state index contributed by atoms with van der Waals surface area (Å²) in [6, 6.07) is 11.6. The van der Waals surface area contributed by atoms with Crippen LogP contribution < -0.4 is 10.1 Å². The summed E-state index contributed by atoms with van der Waals surface area (Å²) in [7, 11) is 0. The summed E-state index contributed by atoms with van der Waals surface area (Å²) in [6.45, 7) is 0.0786. The van der Waals surface area contributed by atoms with Crippen LogP contribution in [0.1, 0.15) is 16.8 Å². The predicted octanol–water partition coefficient (Wildman–Crippen LogP) is 2.97. The minimum atomic E-state index is -0.548. The van der Waals surface area contributed by atoms with Crippen molar-refractivity contribution in [2.75, 3.05) is 6.54 Å². The summed E-state index contributed by atoms with van der Waals surface area (Å²) in [5.41, 5.74) is 0.167. The molecule has 2 aromatic rings. The van der Waals surface area contributed by atoms with Crippen molar-refractivity contribution in [3.8, 4) is 5.75 Å². The van der Waals surface area contributed by atoms with Gasteiger partial charge in [-0.2, -0.15) is 0 Å². The number of halogens is 1. The molecule has 2 rings (SSSR count). The summed E-state index contributed by atoms with van der Waals surface area (Å²) >= 11 is 5.78. The maximum atomic E-state index is 11.9. The number of nitro benzene ring substituents is 1. The molecular weight excluding hydrogens is 336 g/mol. The maximum absolute atomic E-state index is 11.9. The molecule has 0 heterocycles. The number of ether oxygens (including phenoxy) is 1. The van der Waals surface area contributed by atoms with Crippen LogP contribution in [-0.4, -0.2) is 23.3 Å². The second-order valence-electron chi connectivity index (χ2n) is 4.74. The fourth-order valence-corrected chi connectivity index (χ4v) is 2.01. The number of benzene rings is 2. The van der Waals surface area contributed by atoms with E-state index >= 15 is 0 Å². The van der Waals surface area contributed by atoms with Gasteiger partial charge in [0.05, 0.1) is 11.3 Å². The monoisotopic (exact) mass is 348 g/mol. The van der Waals surface area contributed by atoms with Gasteiger partial charge >= 0.3 is 5.97 Å². The summed E-state index contributed by atoms with van der Waals surface area (Å²) in [4.78, 5) is 33.5. The summed E-state index contributed by atoms with van der Waals surface area (Å²) < 4.78 is 5.08. The number of esters is 1. The van der Waals surface area contributed by atoms with Crippen molar-refractivity contribution in [3.63, 3.8) is 0 Å². The number of nitro groups is 1. The lowest BCUT2D eigenvalue weighted by molar-refractivity contribution is -0.384. The van der Waals surface area contributed by atoms with Gasteiger partial charge in [-0.25, -0.2) is 0 Å². The highest BCUT2D eigenvalue weighted by atomic mass is 35.5. The molecule has 1 N–H and O–H groups in total. The van der Waals surface area contributed by atoms with E-state index in [-0.39, 0.29) is 24.2 Å². The molecule has 8 heteroatoms. The van der Waals surface area contributed by atoms with E-state index in [0.29, 0.717) is 10.8 Å². The average Bonchev–Trinajstić information content (AvgIpc) is 2.54. The Balaban J connectivity index is 1.79. The third-order valence-electron chi connectivity index (χ3n) is 2.98. The number of nitrogens with one attached hydrogen (secondary N) is 1. The standard InChI is InChI=1S/C16H13ClN2O5/c17-12-2-1-3-14(10-12)24-15(20)8-9-18-16(21)11-4-6-13(7-5-11)19(22)23/h1-7,10H,8-9H2,(H,18,21). The quantitative estimate of drug-likeness (QED) is 0.374. The Morgan fingerprint density at radius 3 is 2.50 bits per heavy atom. The molecule has 0 aromatic heterocycles. The molecule has 124 valence electrons. The van der Waals surface area contributed by atoms with E-state index in [9.17, 15) is 19.7 Å². The Labute approximate surface area is 142 Å². The first-order chi connectivity index (χ1) is 11.5. The van der Waals surface area contributed by atoms with Crippen LogP contribution in [0.4, 0.5) is 5.69 Å². The lowest BCUT2D eigenvalue weighted by Crippen LogP contribution is -2.27. The smallest absolute Gasteiger partial charge is 0.312 e. The van der Waals surface area contributed by atoms with Crippen molar-refractivity contribution < 1.29 is 19.2 Å². The van der Waals surface area contributed by atoms with E-state index in [1.54, 1.807) is 18.2 Å². The second-order valence-corrected chi connectivity index (χ2v) is 5.18. The molecule has 0 spiro atoms. The van der Waals surface area contributed by atoms with Gasteiger partial charge in [0.1, 0.15) is 5.75 Å². The van der Waals surface area contributed by atoms with Crippen LogP contribution in [0.15, 0.2) is 48.5 Å². The van der Waals surface area contributed by atoms with Crippen molar-refractivity contribution in [3.05, 3.63) is 69.2 Å². The molecule has 0 aliphatic heterocycles. The molecule has 0 aliphatic rings. The van der Waals surface area contributed by atoms with Crippen LogP contribution in [0.2, 0.25) is 5.02 Å². The van der Waals surface area contributed by atoms with Crippen molar-refractivity contribution >= 4 is 29.2 Å². The van der Waals surface area contributed by atoms with Crippen molar-refractivity contribution in [2.24, 2.45) is 0 Å². The number of carbonyl (C=O) groups excluding carboxylic acids is 2. The van der Waals surface area contributed by atoms with Crippen LogP contribution in [0.25, 0.3) is 0 Å². The number of carbonyl (C=O) groups is 2. The van der Waals surface area contributed by atoms with E-state index in [1.165, 1.54) is 30.3 Å². The first-order valence-corrected chi connectivity index (χ1v) is 7.32. The molecule has 0 saturated carbocycles. The Morgan fingerprint density at radius 2 is 1.88 bits per heavy atom. The number of rotatable bonds is 6. The van der Waals surface area contributed by atoms with Gasteiger partial charge in [-0.15, -0.1) is 0 Å². The first-order valence-electron chi connectivity index (χ1n) is 6.94. The van der Waals surface area contributed by atoms with E-state index in [4.69, 9.17) is 16.3 Å². The zero-order valence-corrected chi connectivity index (χ0v) is 13.2. The molecule has 24 heavy (non-hydrogen) atoms. The molecular formula is C16H13ClN2O5. The summed E-state index contributed by atoms with van der Waals surface area (Å²) in [5, 5.41) is 13.5. The van der Waals surface area contributed by atoms with Crippen molar-refractivity contribution in [2.45, 2.75) is 6.42 Å². The normalized spacial score (nSPS) is 10.0. The Morgan fingerprint density at radius 1 is 1.17 bits per heavy atom. The fraction of sp³-hybridized carbons (Fsp3) is 0.125. The minimum absolute atomic E-state index is 0.0226. The number of amides is 1. The number of non-ortho nitro benzene ring substituents is 1. The van der Waals surface area contributed by atoms with Crippen molar-refractivity contribution in [1.82, 2.24) is 5.32 Å². The van der Waals surface area contributed by atoms with Gasteiger partial charge in [-0.3, -0.25) is 19.7 Å². The van der Waals surface area contributed by atoms with E-state index in [0.717, 1.165) is 0 Å². The second kappa shape index (κ2) is 8.07. The zero-order valence-electron chi connectivity index (χ0n) is 12.4. The van der Waals surface area contributed by atoms with Crippen LogP contribution >= 0.6 is 11.6 Å². The largest absolute Gasteiger partial charge is 0.426 e. The van der Waals surface area contributed by atoms with Gasteiger partial charge in [0, 0.05) is 29.3 Å². The van der Waals surface area contributed by atoms with Gasteiger partial charge in [0.2, 0.25) is 0 Å². The highest BCUT2D eigenvalue weighted by Crippen LogP contribution is 2.17. The fourth-order valence-electron chi connectivity index (χ4n) is 1.83. The highest BCUT2D eigenvalue weighted by Gasteiger charge is 2.10. The van der Waals surface area contributed by atoms with Gasteiger partial charge in [-0.1, -0.05) is 17.7 Å². The van der Waals surface area contributed by atoms with Crippen LogP contribution in [0.5, 0.6) is 5.75 Å². The Hall–Kier alpha value is -2.93. The molecule has 1 amide bonds. The number of hydrogen-bond acceptors (Lipinski definition) is 5. The zero-order chi connectivity index (χ0) is 17.5. The average molecular weight is 349 g/mol. The maximum Gasteiger partial charge on any atom is 0.312 e. The minimum Gasteiger partial charge on any atom is -0.426 e. The van der Waals surface area contributed by atoms with Gasteiger partial charge in [0.15, 0.2) is 0 Å².